The van der Waals surface area contributed by atoms with Crippen molar-refractivity contribution in [2.24, 2.45) is 0 Å². The van der Waals surface area contributed by atoms with Gasteiger partial charge in [-0.1, -0.05) is 47.1 Å². The number of anilines is 1. The largest absolute Gasteiger partial charge is 0.346 e. The molecule has 3 heterocycles. The summed E-state index contributed by atoms with van der Waals surface area (Å²) in [5, 5.41) is 7.42. The van der Waals surface area contributed by atoms with Gasteiger partial charge in [0.1, 0.15) is 5.56 Å². The maximum Gasteiger partial charge on any atom is 0.261 e. The highest BCUT2D eigenvalue weighted by molar-refractivity contribution is 9.10. The second-order valence-corrected chi connectivity index (χ2v) is 9.22. The van der Waals surface area contributed by atoms with E-state index in [9.17, 15) is 9.59 Å². The number of halogens is 1. The number of nitrogens with zero attached hydrogens (tertiary/aromatic N) is 3. The zero-order chi connectivity index (χ0) is 22.4. The summed E-state index contributed by atoms with van der Waals surface area (Å²) in [5.74, 6) is 1.01. The predicted molar refractivity (Wildman–Crippen MR) is 125 cm³/mol. The number of pyridine rings is 1. The van der Waals surface area contributed by atoms with Crippen LogP contribution in [-0.4, -0.2) is 20.6 Å². The van der Waals surface area contributed by atoms with Crippen molar-refractivity contribution in [3.8, 4) is 0 Å². The van der Waals surface area contributed by atoms with Gasteiger partial charge in [-0.15, -0.1) is 0 Å². The van der Waals surface area contributed by atoms with Crippen molar-refractivity contribution in [1.82, 2.24) is 14.7 Å². The molecule has 8 heteroatoms. The molecule has 1 aliphatic heterocycles. The van der Waals surface area contributed by atoms with Crippen LogP contribution in [0.1, 0.15) is 53.0 Å². The van der Waals surface area contributed by atoms with Gasteiger partial charge < -0.3 is 14.4 Å². The van der Waals surface area contributed by atoms with Crippen LogP contribution in [-0.2, 0) is 19.4 Å². The number of hydrogen-bond donors (Lipinski definition) is 1. The van der Waals surface area contributed by atoms with Gasteiger partial charge >= 0.3 is 0 Å². The van der Waals surface area contributed by atoms with Crippen molar-refractivity contribution < 1.29 is 9.32 Å². The maximum atomic E-state index is 13.0. The lowest BCUT2D eigenvalue weighted by atomic mass is 10.1. The van der Waals surface area contributed by atoms with Gasteiger partial charge in [-0.25, -0.2) is 0 Å². The number of rotatable bonds is 5. The summed E-state index contributed by atoms with van der Waals surface area (Å²) >= 11 is 3.47. The van der Waals surface area contributed by atoms with E-state index < -0.39 is 5.91 Å². The molecule has 0 bridgehead atoms. The molecule has 1 aliphatic rings. The predicted octanol–water partition coefficient (Wildman–Crippen LogP) is 4.67. The van der Waals surface area contributed by atoms with Crippen molar-refractivity contribution in [1.29, 1.82) is 0 Å². The minimum absolute atomic E-state index is 0.139. The molecule has 162 valence electrons. The van der Waals surface area contributed by atoms with E-state index in [-0.39, 0.29) is 16.9 Å². The van der Waals surface area contributed by atoms with Crippen molar-refractivity contribution in [2.45, 2.75) is 39.2 Å². The Kier molecular flexibility index (Phi) is 5.17. The lowest BCUT2D eigenvalue weighted by Gasteiger charge is -2.10. The Labute approximate surface area is 192 Å². The van der Waals surface area contributed by atoms with Crippen molar-refractivity contribution in [3.63, 3.8) is 0 Å². The van der Waals surface area contributed by atoms with E-state index in [1.54, 1.807) is 12.3 Å². The van der Waals surface area contributed by atoms with Crippen molar-refractivity contribution in [3.05, 3.63) is 85.7 Å². The number of benzene rings is 2. The van der Waals surface area contributed by atoms with Crippen LogP contribution in [0.5, 0.6) is 0 Å². The van der Waals surface area contributed by atoms with Gasteiger partial charge in [-0.05, 0) is 41.8 Å². The number of amides is 1. The lowest BCUT2D eigenvalue weighted by Crippen LogP contribution is -2.23. The Morgan fingerprint density at radius 1 is 1.25 bits per heavy atom. The molecule has 2 aromatic heterocycles. The number of aromatic nitrogens is 3. The first-order valence-electron chi connectivity index (χ1n) is 10.5. The van der Waals surface area contributed by atoms with Gasteiger partial charge in [0.15, 0.2) is 5.82 Å². The van der Waals surface area contributed by atoms with Gasteiger partial charge in [0.05, 0.1) is 5.52 Å². The van der Waals surface area contributed by atoms with Crippen LogP contribution in [0, 0.1) is 0 Å². The molecule has 0 atom stereocenters. The number of carbonyl (C=O) groups is 1. The summed E-state index contributed by atoms with van der Waals surface area (Å²) in [6.45, 7) is 4.76. The second-order valence-electron chi connectivity index (χ2n) is 8.31. The zero-order valence-electron chi connectivity index (χ0n) is 17.7. The monoisotopic (exact) mass is 492 g/mol. The van der Waals surface area contributed by atoms with Crippen LogP contribution < -0.4 is 10.7 Å². The van der Waals surface area contributed by atoms with Gasteiger partial charge in [0, 0.05) is 40.6 Å². The summed E-state index contributed by atoms with van der Waals surface area (Å²) in [6.07, 6.45) is 3.05. The molecular formula is C24H21BrN4O3. The third kappa shape index (κ3) is 3.75. The topological polar surface area (TPSA) is 90.0 Å². The summed E-state index contributed by atoms with van der Waals surface area (Å²) in [5.41, 5.74) is 3.53. The fourth-order valence-electron chi connectivity index (χ4n) is 4.02. The van der Waals surface area contributed by atoms with Crippen LogP contribution >= 0.6 is 15.9 Å². The van der Waals surface area contributed by atoms with E-state index >= 15 is 0 Å². The highest BCUT2D eigenvalue weighted by Crippen LogP contribution is 2.28. The molecule has 4 aromatic rings. The van der Waals surface area contributed by atoms with Crippen LogP contribution in [0.25, 0.3) is 10.9 Å². The molecule has 5 rings (SSSR count). The zero-order valence-corrected chi connectivity index (χ0v) is 19.3. The van der Waals surface area contributed by atoms with Gasteiger partial charge in [-0.2, -0.15) is 4.98 Å². The molecular weight excluding hydrogens is 472 g/mol. The number of nitrogens with one attached hydrogen (secondary N) is 1. The number of carbonyl (C=O) groups excluding carboxylic acids is 1. The van der Waals surface area contributed by atoms with Gasteiger partial charge in [-0.3, -0.25) is 9.59 Å². The highest BCUT2D eigenvalue weighted by atomic mass is 79.9. The first kappa shape index (κ1) is 20.6. The Morgan fingerprint density at radius 2 is 2.03 bits per heavy atom. The number of hydrogen-bond acceptors (Lipinski definition) is 5. The Morgan fingerprint density at radius 3 is 2.75 bits per heavy atom. The average Bonchev–Trinajstić information content (AvgIpc) is 3.39. The third-order valence-corrected chi connectivity index (χ3v) is 6.09. The SMILES string of the molecule is CC(C)c1nc(Cc2ccc(NC(=O)c3cn4c5c(cc(Br)cc5c3=O)CC4)cc2)no1. The molecule has 1 N–H and O–H groups in total. The lowest BCUT2D eigenvalue weighted by molar-refractivity contribution is 0.102. The highest BCUT2D eigenvalue weighted by Gasteiger charge is 2.21. The number of aryl methyl sites for hydroxylation is 2. The summed E-state index contributed by atoms with van der Waals surface area (Å²) in [7, 11) is 0. The Bertz CT molecular complexity index is 1400. The first-order valence-corrected chi connectivity index (χ1v) is 11.3. The van der Waals surface area contributed by atoms with Gasteiger partial charge in [0.25, 0.3) is 5.91 Å². The van der Waals surface area contributed by atoms with E-state index in [0.717, 1.165) is 34.1 Å². The summed E-state index contributed by atoms with van der Waals surface area (Å²) in [4.78, 5) is 30.3. The average molecular weight is 493 g/mol. The molecule has 1 amide bonds. The maximum absolute atomic E-state index is 13.0. The van der Waals surface area contributed by atoms with Crippen LogP contribution in [0.4, 0.5) is 5.69 Å². The smallest absolute Gasteiger partial charge is 0.261 e. The summed E-state index contributed by atoms with van der Waals surface area (Å²) < 4.78 is 8.08. The van der Waals surface area contributed by atoms with E-state index in [1.165, 1.54) is 0 Å². The minimum atomic E-state index is -0.415. The molecule has 0 saturated heterocycles. The molecule has 0 unspecified atom stereocenters. The van der Waals surface area contributed by atoms with Crippen LogP contribution in [0.3, 0.4) is 0 Å². The molecule has 0 fully saturated rings. The third-order valence-electron chi connectivity index (χ3n) is 5.63. The second kappa shape index (κ2) is 8.02. The molecule has 7 nitrogen and oxygen atoms in total. The Hall–Kier alpha value is -3.26. The quantitative estimate of drug-likeness (QED) is 0.437. The standard InChI is InChI=1S/C24H21BrN4O3/c1-13(2)24-27-20(28-32-24)9-14-3-5-17(6-4-14)26-23(31)19-12-29-8-7-15-10-16(25)11-18(21(15)29)22(19)30/h3-6,10-13H,7-9H2,1-2H3,(H,26,31). The van der Waals surface area contributed by atoms with Crippen molar-refractivity contribution in [2.75, 3.05) is 5.32 Å². The fourth-order valence-corrected chi connectivity index (χ4v) is 4.53. The fraction of sp³-hybridized carbons (Fsp3) is 0.250. The normalized spacial score (nSPS) is 12.6. The molecule has 0 radical (unpaired) electrons. The molecule has 0 aliphatic carbocycles. The van der Waals surface area contributed by atoms with E-state index in [1.807, 2.05) is 48.7 Å². The summed E-state index contributed by atoms with van der Waals surface area (Å²) in [6, 6.07) is 11.2. The molecule has 2 aromatic carbocycles. The molecule has 0 spiro atoms. The minimum Gasteiger partial charge on any atom is -0.346 e. The van der Waals surface area contributed by atoms with E-state index in [2.05, 4.69) is 31.4 Å². The molecule has 0 saturated carbocycles. The van der Waals surface area contributed by atoms with E-state index in [4.69, 9.17) is 4.52 Å². The van der Waals surface area contributed by atoms with E-state index in [0.29, 0.717) is 29.2 Å². The van der Waals surface area contributed by atoms with Crippen LogP contribution in [0.2, 0.25) is 0 Å². The van der Waals surface area contributed by atoms with Crippen molar-refractivity contribution >= 4 is 38.4 Å². The first-order chi connectivity index (χ1) is 15.4. The molecule has 32 heavy (non-hydrogen) atoms. The van der Waals surface area contributed by atoms with Crippen LogP contribution in [0.15, 0.2) is 56.4 Å². The Balaban J connectivity index is 1.36. The van der Waals surface area contributed by atoms with Gasteiger partial charge in [0.2, 0.25) is 11.3 Å².